The molecule has 1 aliphatic carbocycles. The molecule has 2 aromatic carbocycles. The zero-order valence-electron chi connectivity index (χ0n) is 14.7. The molecule has 0 heterocycles. The van der Waals surface area contributed by atoms with E-state index in [1.165, 1.54) is 42.8 Å². The lowest BCUT2D eigenvalue weighted by atomic mass is 10.2. The molecule has 0 amide bonds. The molecule has 1 saturated carbocycles. The molecule has 0 N–H and O–H groups in total. The number of ether oxygens (including phenoxy) is 2. The van der Waals surface area contributed by atoms with Gasteiger partial charge in [-0.3, -0.25) is 0 Å². The van der Waals surface area contributed by atoms with Crippen molar-refractivity contribution in [2.75, 3.05) is 14.2 Å². The van der Waals surface area contributed by atoms with Crippen molar-refractivity contribution in [3.05, 3.63) is 51.2 Å². The number of nitrogens with zero attached hydrogens (tertiary/aromatic N) is 1. The Balaban J connectivity index is 2.06. The Morgan fingerprint density at radius 2 is 1.85 bits per heavy atom. The molecule has 146 valence electrons. The van der Waals surface area contributed by atoms with Crippen LogP contribution in [0.25, 0.3) is 0 Å². The first-order valence-corrected chi connectivity index (χ1v) is 10.8. The van der Waals surface area contributed by atoms with Gasteiger partial charge in [0.2, 0.25) is 10.0 Å². The van der Waals surface area contributed by atoms with Crippen molar-refractivity contribution in [2.24, 2.45) is 0 Å². The summed E-state index contributed by atoms with van der Waals surface area (Å²) >= 11 is 9.40. The second-order valence-electron chi connectivity index (χ2n) is 6.12. The van der Waals surface area contributed by atoms with Crippen LogP contribution in [0.2, 0.25) is 5.02 Å². The van der Waals surface area contributed by atoms with Crippen molar-refractivity contribution in [1.29, 1.82) is 0 Å². The summed E-state index contributed by atoms with van der Waals surface area (Å²) in [6.45, 7) is -0.140. The second kappa shape index (κ2) is 7.95. The molecule has 0 saturated heterocycles. The lowest BCUT2D eigenvalue weighted by molar-refractivity contribution is 0.352. The van der Waals surface area contributed by atoms with Crippen LogP contribution in [0.15, 0.2) is 39.7 Å². The number of methoxy groups -OCH3 is 2. The van der Waals surface area contributed by atoms with Crippen LogP contribution in [0.4, 0.5) is 4.39 Å². The van der Waals surface area contributed by atoms with Gasteiger partial charge in [-0.2, -0.15) is 4.31 Å². The van der Waals surface area contributed by atoms with Crippen molar-refractivity contribution in [2.45, 2.75) is 30.3 Å². The van der Waals surface area contributed by atoms with Crippen LogP contribution in [0.1, 0.15) is 18.4 Å². The van der Waals surface area contributed by atoms with Crippen molar-refractivity contribution < 1.29 is 22.3 Å². The average Bonchev–Trinajstić information content (AvgIpc) is 3.45. The van der Waals surface area contributed by atoms with Gasteiger partial charge in [0.1, 0.15) is 10.7 Å². The molecule has 3 rings (SSSR count). The first-order chi connectivity index (χ1) is 12.8. The number of sulfonamides is 1. The fraction of sp³-hybridized carbons (Fsp3) is 0.333. The van der Waals surface area contributed by atoms with E-state index in [4.69, 9.17) is 21.1 Å². The Morgan fingerprint density at radius 1 is 1.22 bits per heavy atom. The van der Waals surface area contributed by atoms with Gasteiger partial charge >= 0.3 is 0 Å². The van der Waals surface area contributed by atoms with Gasteiger partial charge in [0, 0.05) is 33.7 Å². The maximum atomic E-state index is 14.2. The summed E-state index contributed by atoms with van der Waals surface area (Å²) in [6.07, 6.45) is 1.44. The minimum Gasteiger partial charge on any atom is -0.493 e. The molecule has 1 fully saturated rings. The van der Waals surface area contributed by atoms with Crippen LogP contribution in [-0.2, 0) is 16.6 Å². The van der Waals surface area contributed by atoms with Crippen molar-refractivity contribution in [3.8, 4) is 11.5 Å². The predicted octanol–water partition coefficient (Wildman–Crippen LogP) is 4.61. The Bertz CT molecular complexity index is 946. The Morgan fingerprint density at radius 3 is 2.41 bits per heavy atom. The van der Waals surface area contributed by atoms with Crippen LogP contribution in [0, 0.1) is 5.82 Å². The Kier molecular flexibility index (Phi) is 6.00. The molecule has 0 unspecified atom stereocenters. The molecule has 5 nitrogen and oxygen atoms in total. The third-order valence-electron chi connectivity index (χ3n) is 4.35. The molecule has 0 atom stereocenters. The van der Waals surface area contributed by atoms with Gasteiger partial charge in [-0.15, -0.1) is 0 Å². The Hall–Kier alpha value is -1.35. The molecule has 0 radical (unpaired) electrons. The van der Waals surface area contributed by atoms with Crippen LogP contribution in [0.3, 0.4) is 0 Å². The highest BCUT2D eigenvalue weighted by Crippen LogP contribution is 2.40. The SMILES string of the molecule is COc1cc(Br)c(S(=O)(=O)N(Cc2c(F)cccc2Cl)C2CC2)cc1OC. The van der Waals surface area contributed by atoms with E-state index < -0.39 is 15.8 Å². The molecule has 0 aromatic heterocycles. The van der Waals surface area contributed by atoms with Crippen molar-refractivity contribution >= 4 is 37.6 Å². The van der Waals surface area contributed by atoms with E-state index >= 15 is 0 Å². The summed E-state index contributed by atoms with van der Waals surface area (Å²) in [5.74, 6) is 0.159. The molecule has 0 spiro atoms. The standard InChI is InChI=1S/C18H18BrClFNO4S/c1-25-16-8-13(19)18(9-17(16)26-2)27(23,24)22(11-6-7-11)10-12-14(20)4-3-5-15(12)21/h3-5,8-9,11H,6-7,10H2,1-2H3. The van der Waals surface area contributed by atoms with Crippen molar-refractivity contribution in [1.82, 2.24) is 4.31 Å². The summed E-state index contributed by atoms with van der Waals surface area (Å²) in [5, 5.41) is 0.197. The lowest BCUT2D eigenvalue weighted by Gasteiger charge is -2.24. The van der Waals surface area contributed by atoms with Gasteiger partial charge in [-0.25, -0.2) is 12.8 Å². The molecular weight excluding hydrogens is 461 g/mol. The maximum Gasteiger partial charge on any atom is 0.244 e. The summed E-state index contributed by atoms with van der Waals surface area (Å²) in [7, 11) is -1.03. The summed E-state index contributed by atoms with van der Waals surface area (Å²) in [4.78, 5) is 0.0273. The molecule has 1 aliphatic rings. The number of halogens is 3. The maximum absolute atomic E-state index is 14.2. The van der Waals surface area contributed by atoms with E-state index in [1.54, 1.807) is 6.07 Å². The molecule has 0 bridgehead atoms. The minimum absolute atomic E-state index is 0.0273. The average molecular weight is 479 g/mol. The van der Waals surface area contributed by atoms with E-state index in [0.717, 1.165) is 12.8 Å². The summed E-state index contributed by atoms with van der Waals surface area (Å²) < 4.78 is 53.0. The highest BCUT2D eigenvalue weighted by atomic mass is 79.9. The molecular formula is C18H18BrClFNO4S. The Labute approximate surface area is 171 Å². The number of hydrogen-bond acceptors (Lipinski definition) is 4. The van der Waals surface area contributed by atoms with Gasteiger partial charge in [0.25, 0.3) is 0 Å². The van der Waals surface area contributed by atoms with Crippen LogP contribution < -0.4 is 9.47 Å². The minimum atomic E-state index is -3.93. The van der Waals surface area contributed by atoms with Crippen LogP contribution in [-0.4, -0.2) is 33.0 Å². The van der Waals surface area contributed by atoms with E-state index in [-0.39, 0.29) is 28.1 Å². The van der Waals surface area contributed by atoms with Crippen molar-refractivity contribution in [3.63, 3.8) is 0 Å². The lowest BCUT2D eigenvalue weighted by Crippen LogP contribution is -2.33. The fourth-order valence-electron chi connectivity index (χ4n) is 2.77. The quantitative estimate of drug-likeness (QED) is 0.583. The smallest absolute Gasteiger partial charge is 0.244 e. The third-order valence-corrected chi connectivity index (χ3v) is 7.57. The van der Waals surface area contributed by atoms with Gasteiger partial charge in [-0.05, 0) is 47.0 Å². The first kappa shape index (κ1) is 20.4. The van der Waals surface area contributed by atoms with E-state index in [0.29, 0.717) is 16.0 Å². The van der Waals surface area contributed by atoms with Gasteiger partial charge < -0.3 is 9.47 Å². The van der Waals surface area contributed by atoms with E-state index in [1.807, 2.05) is 0 Å². The zero-order valence-corrected chi connectivity index (χ0v) is 17.9. The first-order valence-electron chi connectivity index (χ1n) is 8.15. The number of rotatable bonds is 7. The van der Waals surface area contributed by atoms with E-state index in [9.17, 15) is 12.8 Å². The summed E-state index contributed by atoms with van der Waals surface area (Å²) in [5.41, 5.74) is 0.159. The van der Waals surface area contributed by atoms with Gasteiger partial charge in [-0.1, -0.05) is 17.7 Å². The van der Waals surface area contributed by atoms with Gasteiger partial charge in [0.15, 0.2) is 11.5 Å². The third kappa shape index (κ3) is 4.08. The number of hydrogen-bond donors (Lipinski definition) is 0. The summed E-state index contributed by atoms with van der Waals surface area (Å²) in [6, 6.07) is 7.05. The fourth-order valence-corrected chi connectivity index (χ4v) is 5.65. The monoisotopic (exact) mass is 477 g/mol. The largest absolute Gasteiger partial charge is 0.493 e. The van der Waals surface area contributed by atoms with Crippen LogP contribution >= 0.6 is 27.5 Å². The normalized spacial score (nSPS) is 14.4. The van der Waals surface area contributed by atoms with Gasteiger partial charge in [0.05, 0.1) is 14.2 Å². The molecule has 2 aromatic rings. The topological polar surface area (TPSA) is 55.8 Å². The molecule has 0 aliphatic heterocycles. The van der Waals surface area contributed by atoms with Crippen LogP contribution in [0.5, 0.6) is 11.5 Å². The number of benzene rings is 2. The predicted molar refractivity (Wildman–Crippen MR) is 104 cm³/mol. The molecule has 9 heteroatoms. The zero-order chi connectivity index (χ0) is 19.8. The molecule has 27 heavy (non-hydrogen) atoms. The highest BCUT2D eigenvalue weighted by molar-refractivity contribution is 9.10. The second-order valence-corrected chi connectivity index (χ2v) is 9.24. The van der Waals surface area contributed by atoms with E-state index in [2.05, 4.69) is 15.9 Å². The highest BCUT2D eigenvalue weighted by Gasteiger charge is 2.40.